The van der Waals surface area contributed by atoms with Gasteiger partial charge in [0.15, 0.2) is 0 Å². The van der Waals surface area contributed by atoms with Crippen LogP contribution in [0.4, 0.5) is 0 Å². The van der Waals surface area contributed by atoms with Crippen LogP contribution in [0.2, 0.25) is 0 Å². The summed E-state index contributed by atoms with van der Waals surface area (Å²) in [6.07, 6.45) is 3.84. The summed E-state index contributed by atoms with van der Waals surface area (Å²) < 4.78 is 6.35. The molecule has 3 heterocycles. The lowest BCUT2D eigenvalue weighted by atomic mass is 10.1. The number of hydrogen-bond donors (Lipinski definition) is 0. The van der Waals surface area contributed by atoms with Crippen molar-refractivity contribution in [2.75, 3.05) is 0 Å². The number of nitrogens with zero attached hydrogens (tertiary/aromatic N) is 6. The van der Waals surface area contributed by atoms with Crippen LogP contribution in [0.1, 0.15) is 42.7 Å². The summed E-state index contributed by atoms with van der Waals surface area (Å²) in [5.74, 6) is 0. The van der Waals surface area contributed by atoms with Crippen molar-refractivity contribution < 1.29 is 0 Å². The second kappa shape index (κ2) is 6.26. The predicted octanol–water partition coefficient (Wildman–Crippen LogP) is 3.46. The minimum atomic E-state index is 0.258. The summed E-state index contributed by atoms with van der Waals surface area (Å²) in [6.45, 7) is 14.3. The summed E-state index contributed by atoms with van der Waals surface area (Å²) in [7, 11) is 0. The van der Waals surface area contributed by atoms with Crippen LogP contribution in [0.15, 0.2) is 18.6 Å². The van der Waals surface area contributed by atoms with Crippen molar-refractivity contribution in [3.05, 3.63) is 41.4 Å². The number of hydrogen-bond acceptors (Lipinski definition) is 3. The first-order chi connectivity index (χ1) is 11.4. The number of rotatable bonds is 5. The summed E-state index contributed by atoms with van der Waals surface area (Å²) in [5.41, 5.74) is 6.80. The molecule has 6 heteroatoms. The van der Waals surface area contributed by atoms with Crippen LogP contribution in [0.25, 0.3) is 11.3 Å². The molecule has 3 rings (SSSR count). The van der Waals surface area contributed by atoms with Gasteiger partial charge in [-0.25, -0.2) is 4.98 Å². The Morgan fingerprint density at radius 1 is 1.12 bits per heavy atom. The standard InChI is InChI=1S/C18H26N6/c1-7-23-16(6)18(15(5)21-23)17-9-19-11-22(17)10-14(4)24-13(3)8-12(2)20-24/h8-9,11,14H,7,10H2,1-6H3/t14-/m0/s1. The van der Waals surface area contributed by atoms with Crippen LogP contribution in [-0.4, -0.2) is 29.1 Å². The van der Waals surface area contributed by atoms with Crippen molar-refractivity contribution in [1.29, 1.82) is 0 Å². The summed E-state index contributed by atoms with van der Waals surface area (Å²) in [4.78, 5) is 4.39. The van der Waals surface area contributed by atoms with E-state index in [2.05, 4.69) is 65.1 Å². The zero-order valence-electron chi connectivity index (χ0n) is 15.4. The van der Waals surface area contributed by atoms with Crippen molar-refractivity contribution in [3.63, 3.8) is 0 Å². The molecule has 0 amide bonds. The van der Waals surface area contributed by atoms with E-state index in [1.807, 2.05) is 24.1 Å². The fourth-order valence-electron chi connectivity index (χ4n) is 3.50. The van der Waals surface area contributed by atoms with Crippen LogP contribution in [-0.2, 0) is 13.1 Å². The van der Waals surface area contributed by atoms with Crippen molar-refractivity contribution in [2.45, 2.75) is 60.7 Å². The second-order valence-electron chi connectivity index (χ2n) is 6.51. The van der Waals surface area contributed by atoms with E-state index >= 15 is 0 Å². The van der Waals surface area contributed by atoms with Gasteiger partial charge in [0, 0.05) is 30.0 Å². The quantitative estimate of drug-likeness (QED) is 0.721. The highest BCUT2D eigenvalue weighted by Gasteiger charge is 2.18. The molecule has 6 nitrogen and oxygen atoms in total. The first-order valence-corrected chi connectivity index (χ1v) is 8.49. The SMILES string of the molecule is CCn1nc(C)c(-c2cncn2C[C@H](C)n2nc(C)cc2C)c1C. The molecule has 24 heavy (non-hydrogen) atoms. The highest BCUT2D eigenvalue weighted by Crippen LogP contribution is 2.28. The highest BCUT2D eigenvalue weighted by molar-refractivity contribution is 5.64. The average Bonchev–Trinajstić information content (AvgIpc) is 3.18. The lowest BCUT2D eigenvalue weighted by molar-refractivity contribution is 0.418. The maximum Gasteiger partial charge on any atom is 0.0951 e. The Kier molecular flexibility index (Phi) is 4.30. The van der Waals surface area contributed by atoms with Crippen molar-refractivity contribution in [3.8, 4) is 11.3 Å². The topological polar surface area (TPSA) is 53.5 Å². The number of imidazole rings is 1. The van der Waals surface area contributed by atoms with Gasteiger partial charge in [0.1, 0.15) is 0 Å². The number of aryl methyl sites for hydroxylation is 4. The fourth-order valence-corrected chi connectivity index (χ4v) is 3.50. The van der Waals surface area contributed by atoms with Crippen LogP contribution >= 0.6 is 0 Å². The van der Waals surface area contributed by atoms with Crippen LogP contribution < -0.4 is 0 Å². The van der Waals surface area contributed by atoms with E-state index in [0.717, 1.165) is 30.2 Å². The molecular formula is C18H26N6. The molecule has 128 valence electrons. The van der Waals surface area contributed by atoms with Gasteiger partial charge < -0.3 is 4.57 Å². The van der Waals surface area contributed by atoms with Crippen LogP contribution in [0.5, 0.6) is 0 Å². The van der Waals surface area contributed by atoms with Gasteiger partial charge in [0.2, 0.25) is 0 Å². The Balaban J connectivity index is 1.94. The molecule has 0 N–H and O–H groups in total. The van der Waals surface area contributed by atoms with E-state index in [1.54, 1.807) is 0 Å². The Morgan fingerprint density at radius 3 is 2.46 bits per heavy atom. The van der Waals surface area contributed by atoms with E-state index in [1.165, 1.54) is 17.0 Å². The van der Waals surface area contributed by atoms with Gasteiger partial charge >= 0.3 is 0 Å². The molecule has 0 fully saturated rings. The van der Waals surface area contributed by atoms with Crippen LogP contribution in [0, 0.1) is 27.7 Å². The van der Waals surface area contributed by atoms with Gasteiger partial charge in [-0.3, -0.25) is 9.36 Å². The van der Waals surface area contributed by atoms with Gasteiger partial charge in [0.25, 0.3) is 0 Å². The zero-order chi connectivity index (χ0) is 17.4. The van der Waals surface area contributed by atoms with Crippen molar-refractivity contribution in [2.24, 2.45) is 0 Å². The molecule has 0 aliphatic heterocycles. The lowest BCUT2D eigenvalue weighted by Crippen LogP contribution is -2.16. The van der Waals surface area contributed by atoms with Crippen LogP contribution in [0.3, 0.4) is 0 Å². The smallest absolute Gasteiger partial charge is 0.0951 e. The molecule has 0 saturated carbocycles. The molecule has 0 aliphatic carbocycles. The molecule has 0 saturated heterocycles. The first kappa shape index (κ1) is 16.5. The lowest BCUT2D eigenvalue weighted by Gasteiger charge is -2.17. The molecule has 0 aromatic carbocycles. The molecule has 3 aromatic rings. The minimum Gasteiger partial charge on any atom is -0.328 e. The molecule has 3 aromatic heterocycles. The second-order valence-corrected chi connectivity index (χ2v) is 6.51. The zero-order valence-corrected chi connectivity index (χ0v) is 15.4. The van der Waals surface area contributed by atoms with E-state index < -0.39 is 0 Å². The van der Waals surface area contributed by atoms with E-state index in [9.17, 15) is 0 Å². The third-order valence-electron chi connectivity index (χ3n) is 4.57. The monoisotopic (exact) mass is 326 g/mol. The van der Waals surface area contributed by atoms with E-state index in [4.69, 9.17) is 0 Å². The van der Waals surface area contributed by atoms with Gasteiger partial charge in [-0.05, 0) is 47.6 Å². The van der Waals surface area contributed by atoms with E-state index in [-0.39, 0.29) is 6.04 Å². The van der Waals surface area contributed by atoms with Gasteiger partial charge in [0.05, 0.1) is 35.6 Å². The molecule has 0 spiro atoms. The Hall–Kier alpha value is -2.37. The average molecular weight is 326 g/mol. The molecule has 1 atom stereocenters. The normalized spacial score (nSPS) is 12.8. The minimum absolute atomic E-state index is 0.258. The van der Waals surface area contributed by atoms with E-state index in [0.29, 0.717) is 0 Å². The molecule has 0 radical (unpaired) electrons. The Bertz CT molecular complexity index is 851. The maximum absolute atomic E-state index is 4.64. The van der Waals surface area contributed by atoms with Gasteiger partial charge in [-0.15, -0.1) is 0 Å². The fraction of sp³-hybridized carbons (Fsp3) is 0.500. The molecule has 0 aliphatic rings. The molecule has 0 bridgehead atoms. The first-order valence-electron chi connectivity index (χ1n) is 8.49. The highest BCUT2D eigenvalue weighted by atomic mass is 15.3. The third-order valence-corrected chi connectivity index (χ3v) is 4.57. The Labute approximate surface area is 143 Å². The summed E-state index contributed by atoms with van der Waals surface area (Å²) in [6, 6.07) is 2.37. The summed E-state index contributed by atoms with van der Waals surface area (Å²) >= 11 is 0. The summed E-state index contributed by atoms with van der Waals surface area (Å²) in [5, 5.41) is 9.25. The Morgan fingerprint density at radius 2 is 1.88 bits per heavy atom. The molecule has 0 unspecified atom stereocenters. The van der Waals surface area contributed by atoms with Gasteiger partial charge in [-0.1, -0.05) is 0 Å². The van der Waals surface area contributed by atoms with Crippen molar-refractivity contribution in [1.82, 2.24) is 29.1 Å². The largest absolute Gasteiger partial charge is 0.328 e. The van der Waals surface area contributed by atoms with Crippen molar-refractivity contribution >= 4 is 0 Å². The third kappa shape index (κ3) is 2.77. The number of aromatic nitrogens is 6. The predicted molar refractivity (Wildman–Crippen MR) is 95.0 cm³/mol. The molecular weight excluding hydrogens is 300 g/mol. The van der Waals surface area contributed by atoms with Gasteiger partial charge in [-0.2, -0.15) is 10.2 Å². The maximum atomic E-state index is 4.64.